The molecule has 1 fully saturated rings. The highest BCUT2D eigenvalue weighted by Gasteiger charge is 2.28. The molecule has 3 N–H and O–H groups in total. The zero-order chi connectivity index (χ0) is 9.97. The Hall–Kier alpha value is -1.29. The van der Waals surface area contributed by atoms with Gasteiger partial charge in [0, 0.05) is 13.2 Å². The third kappa shape index (κ3) is 1.96. The van der Waals surface area contributed by atoms with E-state index in [1.807, 2.05) is 12.1 Å². The van der Waals surface area contributed by atoms with Crippen LogP contribution in [-0.2, 0) is 4.74 Å². The van der Waals surface area contributed by atoms with Gasteiger partial charge in [0.05, 0.1) is 6.10 Å². The summed E-state index contributed by atoms with van der Waals surface area (Å²) in [7, 11) is 1.75. The van der Waals surface area contributed by atoms with Crippen molar-refractivity contribution in [2.24, 2.45) is 0 Å². The van der Waals surface area contributed by atoms with Crippen LogP contribution in [0.25, 0.3) is 0 Å². The average molecular weight is 193 g/mol. The largest absolute Gasteiger partial charge is 0.384 e. The van der Waals surface area contributed by atoms with Crippen molar-refractivity contribution in [1.82, 2.24) is 4.98 Å². The normalized spacial score (nSPS) is 25.5. The van der Waals surface area contributed by atoms with Crippen molar-refractivity contribution >= 4 is 11.6 Å². The Morgan fingerprint density at radius 3 is 2.93 bits per heavy atom. The Balaban J connectivity index is 1.87. The number of ether oxygens (including phenoxy) is 1. The van der Waals surface area contributed by atoms with Gasteiger partial charge in [0.1, 0.15) is 11.6 Å². The van der Waals surface area contributed by atoms with E-state index in [0.717, 1.165) is 18.7 Å². The predicted molar refractivity (Wildman–Crippen MR) is 56.1 cm³/mol. The second kappa shape index (κ2) is 3.84. The van der Waals surface area contributed by atoms with Crippen LogP contribution < -0.4 is 11.1 Å². The van der Waals surface area contributed by atoms with E-state index in [4.69, 9.17) is 10.5 Å². The fourth-order valence-corrected chi connectivity index (χ4v) is 1.62. The molecule has 0 aliphatic heterocycles. The first-order valence-electron chi connectivity index (χ1n) is 4.80. The van der Waals surface area contributed by atoms with Crippen molar-refractivity contribution < 1.29 is 4.74 Å². The molecular formula is C10H15N3O. The van der Waals surface area contributed by atoms with Crippen LogP contribution in [0.2, 0.25) is 0 Å². The van der Waals surface area contributed by atoms with E-state index in [-0.39, 0.29) is 0 Å². The summed E-state index contributed by atoms with van der Waals surface area (Å²) in [6.07, 6.45) is 2.51. The summed E-state index contributed by atoms with van der Waals surface area (Å²) in [5.74, 6) is 1.40. The van der Waals surface area contributed by atoms with E-state index < -0.39 is 0 Å². The van der Waals surface area contributed by atoms with Crippen LogP contribution in [0.15, 0.2) is 18.2 Å². The number of anilines is 2. The molecule has 0 aromatic carbocycles. The van der Waals surface area contributed by atoms with Crippen LogP contribution in [0.5, 0.6) is 0 Å². The number of pyridine rings is 1. The lowest BCUT2D eigenvalue weighted by atomic mass is 9.89. The quantitative estimate of drug-likeness (QED) is 0.758. The number of nitrogens with one attached hydrogen (secondary N) is 1. The van der Waals surface area contributed by atoms with E-state index in [1.54, 1.807) is 13.2 Å². The van der Waals surface area contributed by atoms with Crippen molar-refractivity contribution in [1.29, 1.82) is 0 Å². The molecule has 0 spiro atoms. The Morgan fingerprint density at radius 1 is 1.50 bits per heavy atom. The number of nitrogens with two attached hydrogens (primary N) is 1. The van der Waals surface area contributed by atoms with Gasteiger partial charge in [0.2, 0.25) is 0 Å². The fraction of sp³-hybridized carbons (Fsp3) is 0.500. The highest BCUT2D eigenvalue weighted by atomic mass is 16.5. The molecule has 0 unspecified atom stereocenters. The van der Waals surface area contributed by atoms with E-state index in [2.05, 4.69) is 10.3 Å². The summed E-state index contributed by atoms with van der Waals surface area (Å²) in [5.41, 5.74) is 5.57. The van der Waals surface area contributed by atoms with Gasteiger partial charge in [0.15, 0.2) is 0 Å². The molecule has 4 heteroatoms. The molecule has 2 rings (SSSR count). The van der Waals surface area contributed by atoms with Crippen molar-refractivity contribution in [3.63, 3.8) is 0 Å². The molecule has 1 heterocycles. The van der Waals surface area contributed by atoms with Crippen molar-refractivity contribution in [2.45, 2.75) is 25.0 Å². The van der Waals surface area contributed by atoms with E-state index in [0.29, 0.717) is 18.0 Å². The molecule has 0 amide bonds. The number of rotatable bonds is 3. The Morgan fingerprint density at radius 2 is 2.29 bits per heavy atom. The van der Waals surface area contributed by atoms with Crippen LogP contribution in [0.1, 0.15) is 12.8 Å². The maximum atomic E-state index is 5.57. The van der Waals surface area contributed by atoms with Gasteiger partial charge < -0.3 is 15.8 Å². The third-order valence-electron chi connectivity index (χ3n) is 2.55. The fourth-order valence-electron chi connectivity index (χ4n) is 1.62. The molecule has 4 nitrogen and oxygen atoms in total. The molecular weight excluding hydrogens is 178 g/mol. The van der Waals surface area contributed by atoms with E-state index in [1.165, 1.54) is 0 Å². The molecule has 0 saturated heterocycles. The number of nitrogens with zero attached hydrogens (tertiary/aromatic N) is 1. The van der Waals surface area contributed by atoms with Gasteiger partial charge in [-0.05, 0) is 25.0 Å². The number of hydrogen-bond donors (Lipinski definition) is 2. The van der Waals surface area contributed by atoms with Gasteiger partial charge >= 0.3 is 0 Å². The lowest BCUT2D eigenvalue weighted by Crippen LogP contribution is -2.40. The molecule has 1 aliphatic carbocycles. The number of hydrogen-bond acceptors (Lipinski definition) is 4. The van der Waals surface area contributed by atoms with Crippen LogP contribution in [0, 0.1) is 0 Å². The number of methoxy groups -OCH3 is 1. The molecule has 1 saturated carbocycles. The summed E-state index contributed by atoms with van der Waals surface area (Å²) in [6, 6.07) is 6.09. The molecule has 0 bridgehead atoms. The van der Waals surface area contributed by atoms with Crippen molar-refractivity contribution in [2.75, 3.05) is 18.2 Å². The minimum atomic E-state index is 0.411. The monoisotopic (exact) mass is 193 g/mol. The van der Waals surface area contributed by atoms with Gasteiger partial charge in [-0.25, -0.2) is 4.98 Å². The Bertz CT molecular complexity index is 310. The first kappa shape index (κ1) is 9.27. The second-order valence-corrected chi connectivity index (χ2v) is 3.62. The molecule has 14 heavy (non-hydrogen) atoms. The van der Waals surface area contributed by atoms with Gasteiger partial charge in [-0.3, -0.25) is 0 Å². The van der Waals surface area contributed by atoms with Crippen molar-refractivity contribution in [3.8, 4) is 0 Å². The SMILES string of the molecule is COC1CC(Nc2cccc(N)n2)C1. The van der Waals surface area contributed by atoms with Gasteiger partial charge in [0.25, 0.3) is 0 Å². The molecule has 1 aromatic heterocycles. The van der Waals surface area contributed by atoms with Crippen LogP contribution in [0.3, 0.4) is 0 Å². The topological polar surface area (TPSA) is 60.2 Å². The standard InChI is InChI=1S/C10H15N3O/c1-14-8-5-7(6-8)12-10-4-2-3-9(11)13-10/h2-4,7-8H,5-6H2,1H3,(H3,11,12,13). The molecule has 1 aliphatic rings. The summed E-state index contributed by atoms with van der Waals surface area (Å²) in [5, 5.41) is 3.31. The number of aromatic nitrogens is 1. The molecule has 0 atom stereocenters. The Labute approximate surface area is 83.5 Å². The average Bonchev–Trinajstić information content (AvgIpc) is 2.10. The van der Waals surface area contributed by atoms with Gasteiger partial charge in [-0.15, -0.1) is 0 Å². The summed E-state index contributed by atoms with van der Waals surface area (Å²) >= 11 is 0. The van der Waals surface area contributed by atoms with Crippen LogP contribution in [-0.4, -0.2) is 24.2 Å². The minimum Gasteiger partial charge on any atom is -0.384 e. The van der Waals surface area contributed by atoms with E-state index >= 15 is 0 Å². The maximum absolute atomic E-state index is 5.57. The second-order valence-electron chi connectivity index (χ2n) is 3.62. The van der Waals surface area contributed by atoms with E-state index in [9.17, 15) is 0 Å². The van der Waals surface area contributed by atoms with Crippen LogP contribution >= 0.6 is 0 Å². The minimum absolute atomic E-state index is 0.411. The highest BCUT2D eigenvalue weighted by molar-refractivity contribution is 5.43. The maximum Gasteiger partial charge on any atom is 0.128 e. The summed E-state index contributed by atoms with van der Waals surface area (Å²) in [6.45, 7) is 0. The lowest BCUT2D eigenvalue weighted by molar-refractivity contribution is 0.0328. The van der Waals surface area contributed by atoms with Gasteiger partial charge in [-0.2, -0.15) is 0 Å². The molecule has 0 radical (unpaired) electrons. The summed E-state index contributed by atoms with van der Waals surface area (Å²) in [4.78, 5) is 4.17. The van der Waals surface area contributed by atoms with Crippen LogP contribution in [0.4, 0.5) is 11.6 Å². The molecule has 76 valence electrons. The van der Waals surface area contributed by atoms with Crippen molar-refractivity contribution in [3.05, 3.63) is 18.2 Å². The molecule has 1 aromatic rings. The first-order chi connectivity index (χ1) is 6.78. The highest BCUT2D eigenvalue weighted by Crippen LogP contribution is 2.25. The van der Waals surface area contributed by atoms with Gasteiger partial charge in [-0.1, -0.05) is 6.07 Å². The third-order valence-corrected chi connectivity index (χ3v) is 2.55. The number of nitrogen functional groups attached to an aromatic ring is 1. The zero-order valence-electron chi connectivity index (χ0n) is 8.23. The summed E-state index contributed by atoms with van der Waals surface area (Å²) < 4.78 is 5.19. The zero-order valence-corrected chi connectivity index (χ0v) is 8.23. The lowest BCUT2D eigenvalue weighted by Gasteiger charge is -2.34. The Kier molecular flexibility index (Phi) is 2.54. The smallest absolute Gasteiger partial charge is 0.128 e. The first-order valence-corrected chi connectivity index (χ1v) is 4.80. The predicted octanol–water partition coefficient (Wildman–Crippen LogP) is 1.25.